The van der Waals surface area contributed by atoms with Crippen LogP contribution in [0.15, 0.2) is 53.9 Å². The first-order chi connectivity index (χ1) is 15.4. The number of anilines is 1. The van der Waals surface area contributed by atoms with Crippen LogP contribution in [0, 0.1) is 24.0 Å². The van der Waals surface area contributed by atoms with E-state index in [1.165, 1.54) is 23.5 Å². The maximum atomic E-state index is 12.9. The number of hydrogen-bond donors (Lipinski definition) is 1. The van der Waals surface area contributed by atoms with Gasteiger partial charge in [-0.05, 0) is 44.2 Å². The molecule has 0 aliphatic rings. The number of hydrogen-bond acceptors (Lipinski definition) is 7. The smallest absolute Gasteiger partial charge is 0.273 e. The van der Waals surface area contributed by atoms with Crippen LogP contribution in [0.1, 0.15) is 21.6 Å². The van der Waals surface area contributed by atoms with Crippen molar-refractivity contribution in [2.75, 3.05) is 12.4 Å². The van der Waals surface area contributed by atoms with E-state index in [4.69, 9.17) is 4.74 Å². The van der Waals surface area contributed by atoms with Gasteiger partial charge in [-0.25, -0.2) is 4.98 Å². The van der Waals surface area contributed by atoms with Gasteiger partial charge in [-0.3, -0.25) is 14.9 Å². The Hall–Kier alpha value is -4.05. The number of aryl methyl sites for hydroxylation is 1. The topological polar surface area (TPSA) is 112 Å². The minimum absolute atomic E-state index is 0.105. The lowest BCUT2D eigenvalue weighted by atomic mass is 10.1. The van der Waals surface area contributed by atoms with Crippen molar-refractivity contribution in [2.24, 2.45) is 0 Å². The first-order valence-corrected chi connectivity index (χ1v) is 10.5. The highest BCUT2D eigenvalue weighted by Crippen LogP contribution is 2.28. The van der Waals surface area contributed by atoms with Crippen LogP contribution in [-0.2, 0) is 0 Å². The Morgan fingerprint density at radius 1 is 1.19 bits per heavy atom. The van der Waals surface area contributed by atoms with Gasteiger partial charge in [0.1, 0.15) is 11.6 Å². The molecule has 0 bridgehead atoms. The second-order valence-electron chi connectivity index (χ2n) is 6.99. The molecular weight excluding hydrogens is 430 g/mol. The lowest BCUT2D eigenvalue weighted by Crippen LogP contribution is -2.16. The summed E-state index contributed by atoms with van der Waals surface area (Å²) in [5, 5.41) is 20.9. The first-order valence-electron chi connectivity index (χ1n) is 9.59. The molecule has 4 rings (SSSR count). The molecule has 2 aromatic carbocycles. The molecule has 0 aliphatic carbocycles. The van der Waals surface area contributed by atoms with Gasteiger partial charge in [-0.1, -0.05) is 6.07 Å². The lowest BCUT2D eigenvalue weighted by molar-refractivity contribution is -0.385. The molecule has 4 aromatic rings. The van der Waals surface area contributed by atoms with E-state index < -0.39 is 10.8 Å². The summed E-state index contributed by atoms with van der Waals surface area (Å²) < 4.78 is 6.74. The monoisotopic (exact) mass is 449 g/mol. The number of nitro groups is 1. The van der Waals surface area contributed by atoms with Crippen LogP contribution in [0.2, 0.25) is 0 Å². The third-order valence-electron chi connectivity index (χ3n) is 4.88. The van der Waals surface area contributed by atoms with Crippen molar-refractivity contribution in [3.63, 3.8) is 0 Å². The number of carbonyl (C=O) groups is 1. The van der Waals surface area contributed by atoms with E-state index in [1.54, 1.807) is 30.8 Å². The molecule has 0 saturated carbocycles. The standard InChI is InChI=1S/C22H19N5O4S/c1-13-11-20(24-21(28)17-5-4-6-19(14(17)2)27(29)30)26(25-13)22-23-18(12-32-22)15-7-9-16(31-3)10-8-15/h4-12H,1-3H3,(H,24,28). The summed E-state index contributed by atoms with van der Waals surface area (Å²) in [5.41, 5.74) is 2.81. The van der Waals surface area contributed by atoms with Gasteiger partial charge in [-0.2, -0.15) is 9.78 Å². The molecule has 0 aliphatic heterocycles. The highest BCUT2D eigenvalue weighted by molar-refractivity contribution is 7.12. The number of thiazole rings is 1. The second kappa shape index (κ2) is 8.60. The van der Waals surface area contributed by atoms with Crippen LogP contribution in [0.4, 0.5) is 11.5 Å². The normalized spacial score (nSPS) is 10.7. The maximum Gasteiger partial charge on any atom is 0.273 e. The van der Waals surface area contributed by atoms with E-state index in [0.717, 1.165) is 17.0 Å². The minimum Gasteiger partial charge on any atom is -0.497 e. The highest BCUT2D eigenvalue weighted by atomic mass is 32.1. The summed E-state index contributed by atoms with van der Waals surface area (Å²) in [7, 11) is 1.61. The van der Waals surface area contributed by atoms with Gasteiger partial charge in [0.2, 0.25) is 5.13 Å². The Balaban J connectivity index is 1.63. The molecule has 1 amide bonds. The van der Waals surface area contributed by atoms with Crippen molar-refractivity contribution in [3.05, 3.63) is 80.8 Å². The summed E-state index contributed by atoms with van der Waals surface area (Å²) in [6.45, 7) is 3.36. The SMILES string of the molecule is COc1ccc(-c2csc(-n3nc(C)cc3NC(=O)c3cccc([N+](=O)[O-])c3C)n2)cc1. The van der Waals surface area contributed by atoms with E-state index in [-0.39, 0.29) is 11.3 Å². The van der Waals surface area contributed by atoms with E-state index in [2.05, 4.69) is 15.4 Å². The van der Waals surface area contributed by atoms with Crippen LogP contribution >= 0.6 is 11.3 Å². The first kappa shape index (κ1) is 21.2. The third-order valence-corrected chi connectivity index (χ3v) is 5.69. The van der Waals surface area contributed by atoms with Gasteiger partial charge in [0.05, 0.1) is 23.4 Å². The van der Waals surface area contributed by atoms with Crippen LogP contribution < -0.4 is 10.1 Å². The summed E-state index contributed by atoms with van der Waals surface area (Å²) >= 11 is 1.38. The fraction of sp³-hybridized carbons (Fsp3) is 0.136. The molecule has 2 aromatic heterocycles. The zero-order valence-corrected chi connectivity index (χ0v) is 18.3. The predicted molar refractivity (Wildman–Crippen MR) is 122 cm³/mol. The quantitative estimate of drug-likeness (QED) is 0.335. The number of nitrogens with one attached hydrogen (secondary N) is 1. The van der Waals surface area contributed by atoms with Crippen molar-refractivity contribution < 1.29 is 14.5 Å². The second-order valence-corrected chi connectivity index (χ2v) is 7.82. The number of nitrogens with zero attached hydrogens (tertiary/aromatic N) is 4. The summed E-state index contributed by atoms with van der Waals surface area (Å²) in [6.07, 6.45) is 0. The Morgan fingerprint density at radius 2 is 1.94 bits per heavy atom. The van der Waals surface area contributed by atoms with Gasteiger partial charge in [0, 0.05) is 34.2 Å². The number of methoxy groups -OCH3 is 1. The fourth-order valence-corrected chi connectivity index (χ4v) is 4.04. The Labute approximate surface area is 187 Å². The lowest BCUT2D eigenvalue weighted by Gasteiger charge is -2.09. The van der Waals surface area contributed by atoms with E-state index in [9.17, 15) is 14.9 Å². The number of carbonyl (C=O) groups excluding carboxylic acids is 1. The molecule has 0 radical (unpaired) electrons. The number of benzene rings is 2. The zero-order valence-electron chi connectivity index (χ0n) is 17.5. The average Bonchev–Trinajstić information content (AvgIpc) is 3.40. The van der Waals surface area contributed by atoms with Gasteiger partial charge < -0.3 is 10.1 Å². The average molecular weight is 449 g/mol. The molecule has 2 heterocycles. The molecule has 0 fully saturated rings. The van der Waals surface area contributed by atoms with Crippen molar-refractivity contribution in [1.82, 2.24) is 14.8 Å². The van der Waals surface area contributed by atoms with Crippen molar-refractivity contribution in [2.45, 2.75) is 13.8 Å². The molecule has 162 valence electrons. The van der Waals surface area contributed by atoms with Crippen LogP contribution in [0.25, 0.3) is 16.4 Å². The van der Waals surface area contributed by atoms with Gasteiger partial charge in [0.15, 0.2) is 0 Å². The van der Waals surface area contributed by atoms with Crippen molar-refractivity contribution in [3.8, 4) is 22.1 Å². The summed E-state index contributed by atoms with van der Waals surface area (Å²) in [4.78, 5) is 28.2. The Kier molecular flexibility index (Phi) is 5.69. The molecule has 0 atom stereocenters. The Bertz CT molecular complexity index is 1310. The van der Waals surface area contributed by atoms with Crippen LogP contribution in [-0.4, -0.2) is 32.7 Å². The molecule has 0 unspecified atom stereocenters. The summed E-state index contributed by atoms with van der Waals surface area (Å²) in [5.74, 6) is 0.724. The largest absolute Gasteiger partial charge is 0.497 e. The van der Waals surface area contributed by atoms with E-state index >= 15 is 0 Å². The Morgan fingerprint density at radius 3 is 2.62 bits per heavy atom. The fourth-order valence-electron chi connectivity index (χ4n) is 3.24. The van der Waals surface area contributed by atoms with E-state index in [0.29, 0.717) is 22.2 Å². The molecule has 32 heavy (non-hydrogen) atoms. The number of aromatic nitrogens is 3. The molecule has 1 N–H and O–H groups in total. The predicted octanol–water partition coefficient (Wildman–Crippen LogP) is 4.78. The maximum absolute atomic E-state index is 12.9. The van der Waals surface area contributed by atoms with Crippen molar-refractivity contribution >= 4 is 28.7 Å². The van der Waals surface area contributed by atoms with Crippen molar-refractivity contribution in [1.29, 1.82) is 0 Å². The molecule has 10 heteroatoms. The molecule has 0 saturated heterocycles. The van der Waals surface area contributed by atoms with Crippen LogP contribution in [0.3, 0.4) is 0 Å². The van der Waals surface area contributed by atoms with Gasteiger partial charge in [0.25, 0.3) is 11.6 Å². The summed E-state index contributed by atoms with van der Waals surface area (Å²) in [6, 6.07) is 13.7. The number of nitro benzene ring substituents is 1. The van der Waals surface area contributed by atoms with Gasteiger partial charge in [-0.15, -0.1) is 11.3 Å². The highest BCUT2D eigenvalue weighted by Gasteiger charge is 2.20. The molecule has 9 nitrogen and oxygen atoms in total. The minimum atomic E-state index is -0.503. The zero-order chi connectivity index (χ0) is 22.8. The number of amides is 1. The van der Waals surface area contributed by atoms with Gasteiger partial charge >= 0.3 is 0 Å². The number of ether oxygens (including phenoxy) is 1. The number of rotatable bonds is 6. The molecular formula is C22H19N5O4S. The molecule has 0 spiro atoms. The van der Waals surface area contributed by atoms with Crippen LogP contribution in [0.5, 0.6) is 5.75 Å². The van der Waals surface area contributed by atoms with E-state index in [1.807, 2.05) is 36.6 Å². The third kappa shape index (κ3) is 4.08.